The highest BCUT2D eigenvalue weighted by Crippen LogP contribution is 2.28. The van der Waals surface area contributed by atoms with E-state index in [4.69, 9.17) is 11.6 Å². The number of nitrogens with one attached hydrogen (secondary N) is 1. The second-order valence-electron chi connectivity index (χ2n) is 6.33. The molecule has 2 aromatic carbocycles. The summed E-state index contributed by atoms with van der Waals surface area (Å²) in [6.45, 7) is 3.67. The van der Waals surface area contributed by atoms with Crippen molar-refractivity contribution < 1.29 is 0 Å². The maximum atomic E-state index is 12.3. The average molecular weight is 340 g/mol. The quantitative estimate of drug-likeness (QED) is 0.771. The van der Waals surface area contributed by atoms with Gasteiger partial charge in [0, 0.05) is 17.3 Å². The van der Waals surface area contributed by atoms with Crippen molar-refractivity contribution in [3.8, 4) is 0 Å². The molecule has 5 heteroatoms. The van der Waals surface area contributed by atoms with Gasteiger partial charge in [-0.3, -0.25) is 4.79 Å². The van der Waals surface area contributed by atoms with Gasteiger partial charge in [-0.25, -0.2) is 4.98 Å². The van der Waals surface area contributed by atoms with Gasteiger partial charge in [0.1, 0.15) is 5.82 Å². The first kappa shape index (κ1) is 15.2. The van der Waals surface area contributed by atoms with Gasteiger partial charge >= 0.3 is 0 Å². The van der Waals surface area contributed by atoms with E-state index in [0.29, 0.717) is 28.3 Å². The van der Waals surface area contributed by atoms with Gasteiger partial charge in [0.2, 0.25) is 0 Å². The first-order valence-electron chi connectivity index (χ1n) is 8.13. The highest BCUT2D eigenvalue weighted by molar-refractivity contribution is 6.31. The van der Waals surface area contributed by atoms with Crippen molar-refractivity contribution in [2.75, 3.05) is 11.4 Å². The lowest BCUT2D eigenvalue weighted by Crippen LogP contribution is -2.30. The summed E-state index contributed by atoms with van der Waals surface area (Å²) < 4.78 is 0. The fourth-order valence-electron chi connectivity index (χ4n) is 3.38. The number of aryl methyl sites for hydroxylation is 2. The maximum Gasteiger partial charge on any atom is 0.258 e. The molecule has 0 radical (unpaired) electrons. The zero-order valence-electron chi connectivity index (χ0n) is 13.5. The lowest BCUT2D eigenvalue weighted by molar-refractivity contribution is 0.674. The van der Waals surface area contributed by atoms with Crippen LogP contribution in [0.2, 0.25) is 5.02 Å². The molecular formula is C19H18ClN3O. The van der Waals surface area contributed by atoms with E-state index in [1.54, 1.807) is 18.2 Å². The van der Waals surface area contributed by atoms with Crippen molar-refractivity contribution in [2.24, 2.45) is 0 Å². The monoisotopic (exact) mass is 339 g/mol. The van der Waals surface area contributed by atoms with Crippen molar-refractivity contribution in [3.63, 3.8) is 0 Å². The van der Waals surface area contributed by atoms with E-state index in [9.17, 15) is 4.79 Å². The molecule has 1 aliphatic rings. The third-order valence-electron chi connectivity index (χ3n) is 4.51. The molecule has 1 N–H and O–H groups in total. The maximum absolute atomic E-state index is 12.3. The lowest BCUT2D eigenvalue weighted by Gasteiger charge is -2.31. The van der Waals surface area contributed by atoms with Crippen molar-refractivity contribution in [1.29, 1.82) is 0 Å². The van der Waals surface area contributed by atoms with Gasteiger partial charge in [0.15, 0.2) is 0 Å². The number of fused-ring (bicyclic) bond motifs is 2. The van der Waals surface area contributed by atoms with Gasteiger partial charge in [-0.05, 0) is 49.6 Å². The summed E-state index contributed by atoms with van der Waals surface area (Å²) >= 11 is 6.03. The molecule has 0 saturated heterocycles. The topological polar surface area (TPSA) is 49.0 Å². The smallest absolute Gasteiger partial charge is 0.258 e. The summed E-state index contributed by atoms with van der Waals surface area (Å²) in [6, 6.07) is 11.7. The molecule has 0 bridgehead atoms. The predicted octanol–water partition coefficient (Wildman–Crippen LogP) is 3.84. The van der Waals surface area contributed by atoms with E-state index in [0.717, 1.165) is 19.4 Å². The largest absolute Gasteiger partial charge is 0.364 e. The van der Waals surface area contributed by atoms with Crippen molar-refractivity contribution in [3.05, 3.63) is 68.7 Å². The Bertz CT molecular complexity index is 980. The van der Waals surface area contributed by atoms with Crippen molar-refractivity contribution in [2.45, 2.75) is 26.3 Å². The molecule has 24 heavy (non-hydrogen) atoms. The Morgan fingerprint density at radius 3 is 3.00 bits per heavy atom. The average Bonchev–Trinajstić information content (AvgIpc) is 2.54. The molecule has 0 atom stereocenters. The number of hydrogen-bond acceptors (Lipinski definition) is 3. The lowest BCUT2D eigenvalue weighted by atomic mass is 9.99. The molecule has 1 aliphatic heterocycles. The van der Waals surface area contributed by atoms with E-state index in [2.05, 4.69) is 40.0 Å². The van der Waals surface area contributed by atoms with Crippen LogP contribution in [-0.2, 0) is 13.0 Å². The molecule has 4 rings (SSSR count). The third-order valence-corrected chi connectivity index (χ3v) is 4.74. The molecule has 0 amide bonds. The van der Waals surface area contributed by atoms with Crippen LogP contribution >= 0.6 is 11.6 Å². The van der Waals surface area contributed by atoms with Crippen LogP contribution in [0.25, 0.3) is 10.9 Å². The first-order chi connectivity index (χ1) is 11.6. The van der Waals surface area contributed by atoms with Crippen LogP contribution in [0, 0.1) is 6.92 Å². The number of anilines is 1. The minimum atomic E-state index is -0.118. The highest BCUT2D eigenvalue weighted by atomic mass is 35.5. The molecule has 0 saturated carbocycles. The number of hydrogen-bond donors (Lipinski definition) is 1. The number of benzene rings is 2. The summed E-state index contributed by atoms with van der Waals surface area (Å²) in [7, 11) is 0. The van der Waals surface area contributed by atoms with Crippen LogP contribution in [0.4, 0.5) is 5.69 Å². The SMILES string of the molecule is Cc1ccc2c(c1)CCCN2Cc1nc2cc(Cl)ccc2c(=O)[nH]1. The standard InChI is InChI=1S/C19H18ClN3O/c1-12-4-7-17-13(9-12)3-2-8-23(17)11-18-21-16-10-14(20)5-6-15(16)19(24)22-18/h4-7,9-10H,2-3,8,11H2,1H3,(H,21,22,24). The van der Waals surface area contributed by atoms with Gasteiger partial charge < -0.3 is 9.88 Å². The zero-order valence-corrected chi connectivity index (χ0v) is 14.2. The first-order valence-corrected chi connectivity index (χ1v) is 8.51. The molecule has 2 heterocycles. The Hall–Kier alpha value is -2.33. The minimum Gasteiger partial charge on any atom is -0.364 e. The van der Waals surface area contributed by atoms with Crippen LogP contribution in [0.15, 0.2) is 41.2 Å². The molecule has 1 aromatic heterocycles. The molecule has 0 spiro atoms. The van der Waals surface area contributed by atoms with Gasteiger partial charge in [0.05, 0.1) is 17.4 Å². The van der Waals surface area contributed by atoms with E-state index in [1.807, 2.05) is 0 Å². The zero-order chi connectivity index (χ0) is 16.7. The Morgan fingerprint density at radius 1 is 1.25 bits per heavy atom. The van der Waals surface area contributed by atoms with Crippen LogP contribution in [-0.4, -0.2) is 16.5 Å². The van der Waals surface area contributed by atoms with E-state index in [-0.39, 0.29) is 5.56 Å². The molecule has 4 nitrogen and oxygen atoms in total. The molecule has 0 unspecified atom stereocenters. The second kappa shape index (κ2) is 5.95. The van der Waals surface area contributed by atoms with E-state index < -0.39 is 0 Å². The summed E-state index contributed by atoms with van der Waals surface area (Å²) in [5, 5.41) is 1.16. The van der Waals surface area contributed by atoms with Crippen molar-refractivity contribution >= 4 is 28.2 Å². The Morgan fingerprint density at radius 2 is 2.12 bits per heavy atom. The normalized spacial score (nSPS) is 14.0. The number of nitrogens with zero attached hydrogens (tertiary/aromatic N) is 2. The molecule has 3 aromatic rings. The summed E-state index contributed by atoms with van der Waals surface area (Å²) in [4.78, 5) is 22.1. The number of halogens is 1. The van der Waals surface area contributed by atoms with E-state index in [1.165, 1.54) is 16.8 Å². The van der Waals surface area contributed by atoms with Crippen LogP contribution < -0.4 is 10.5 Å². The molecule has 122 valence electrons. The summed E-state index contributed by atoms with van der Waals surface area (Å²) in [5.74, 6) is 0.670. The van der Waals surface area contributed by atoms with Crippen LogP contribution in [0.5, 0.6) is 0 Å². The Balaban J connectivity index is 1.72. The predicted molar refractivity (Wildman–Crippen MR) is 97.9 cm³/mol. The van der Waals surface area contributed by atoms with Gasteiger partial charge in [0.25, 0.3) is 5.56 Å². The summed E-state index contributed by atoms with van der Waals surface area (Å²) in [5.41, 5.74) is 4.41. The van der Waals surface area contributed by atoms with Crippen LogP contribution in [0.3, 0.4) is 0 Å². The summed E-state index contributed by atoms with van der Waals surface area (Å²) in [6.07, 6.45) is 2.21. The number of H-pyrrole nitrogens is 1. The number of aromatic nitrogens is 2. The molecular weight excluding hydrogens is 322 g/mol. The highest BCUT2D eigenvalue weighted by Gasteiger charge is 2.18. The third kappa shape index (κ3) is 2.78. The van der Waals surface area contributed by atoms with Crippen molar-refractivity contribution in [1.82, 2.24) is 9.97 Å². The second-order valence-corrected chi connectivity index (χ2v) is 6.77. The fraction of sp³-hybridized carbons (Fsp3) is 0.263. The van der Waals surface area contributed by atoms with Crippen LogP contribution in [0.1, 0.15) is 23.4 Å². The van der Waals surface area contributed by atoms with Gasteiger partial charge in [-0.1, -0.05) is 29.3 Å². The minimum absolute atomic E-state index is 0.118. The van der Waals surface area contributed by atoms with Gasteiger partial charge in [-0.2, -0.15) is 0 Å². The van der Waals surface area contributed by atoms with E-state index >= 15 is 0 Å². The molecule has 0 aliphatic carbocycles. The molecule has 0 fully saturated rings. The number of rotatable bonds is 2. The fourth-order valence-corrected chi connectivity index (χ4v) is 3.55. The Labute approximate surface area is 145 Å². The van der Waals surface area contributed by atoms with Gasteiger partial charge in [-0.15, -0.1) is 0 Å². The Kier molecular flexibility index (Phi) is 3.77. The number of aromatic amines is 1.